The average Bonchev–Trinajstić information content (AvgIpc) is 3.17. The fraction of sp³-hybridized carbons (Fsp3) is 0.429. The predicted molar refractivity (Wildman–Crippen MR) is 121 cm³/mol. The first-order valence-electron chi connectivity index (χ1n) is 9.74. The number of thioether (sulfide) groups is 1. The van der Waals surface area contributed by atoms with Crippen molar-refractivity contribution in [3.8, 4) is 0 Å². The number of aliphatic imine (C=N–C) groups is 1. The number of aromatic nitrogens is 1. The van der Waals surface area contributed by atoms with Gasteiger partial charge in [0.25, 0.3) is 0 Å². The molecule has 0 spiro atoms. The SMILES string of the molecule is Cc1cccc(C)c1N=C1NN=C(c2cc(C)n([C@@H]3CCS(=O)(=O)C3)c2C)CS1. The van der Waals surface area contributed by atoms with Crippen molar-refractivity contribution in [3.63, 3.8) is 0 Å². The monoisotopic (exact) mass is 430 g/mol. The van der Waals surface area contributed by atoms with Crippen molar-refractivity contribution in [1.29, 1.82) is 0 Å². The highest BCUT2D eigenvalue weighted by Crippen LogP contribution is 2.31. The Labute approximate surface area is 176 Å². The Balaban J connectivity index is 1.58. The van der Waals surface area contributed by atoms with Crippen LogP contribution >= 0.6 is 11.8 Å². The second-order valence-corrected chi connectivity index (χ2v) is 11.0. The molecule has 154 valence electrons. The second-order valence-electron chi connectivity index (χ2n) is 7.83. The maximum atomic E-state index is 11.9. The van der Waals surface area contributed by atoms with E-state index in [1.807, 2.05) is 13.0 Å². The molecule has 1 aromatic carbocycles. The van der Waals surface area contributed by atoms with Crippen LogP contribution in [-0.2, 0) is 9.84 Å². The quantitative estimate of drug-likeness (QED) is 0.803. The van der Waals surface area contributed by atoms with Crippen molar-refractivity contribution >= 4 is 38.2 Å². The Bertz CT molecular complexity index is 1110. The number of amidine groups is 1. The summed E-state index contributed by atoms with van der Waals surface area (Å²) in [4.78, 5) is 4.76. The molecule has 3 heterocycles. The van der Waals surface area contributed by atoms with Gasteiger partial charge in [-0.2, -0.15) is 5.10 Å². The average molecular weight is 431 g/mol. The molecule has 4 rings (SSSR count). The summed E-state index contributed by atoms with van der Waals surface area (Å²) in [5, 5.41) is 5.38. The number of para-hydroxylation sites is 1. The largest absolute Gasteiger partial charge is 0.344 e. The number of hydrogen-bond acceptors (Lipinski definition) is 5. The van der Waals surface area contributed by atoms with E-state index in [9.17, 15) is 8.42 Å². The summed E-state index contributed by atoms with van der Waals surface area (Å²) in [5.74, 6) is 1.24. The van der Waals surface area contributed by atoms with Gasteiger partial charge in [-0.3, -0.25) is 5.43 Å². The minimum absolute atomic E-state index is 0.0275. The van der Waals surface area contributed by atoms with E-state index in [2.05, 4.69) is 54.1 Å². The van der Waals surface area contributed by atoms with E-state index in [0.717, 1.165) is 50.4 Å². The zero-order valence-corrected chi connectivity index (χ0v) is 18.8. The number of hydrogen-bond donors (Lipinski definition) is 1. The third-order valence-corrected chi connectivity index (χ3v) is 8.28. The van der Waals surface area contributed by atoms with Crippen LogP contribution in [0.2, 0.25) is 0 Å². The van der Waals surface area contributed by atoms with E-state index in [0.29, 0.717) is 6.42 Å². The van der Waals surface area contributed by atoms with Gasteiger partial charge in [-0.25, -0.2) is 13.4 Å². The van der Waals surface area contributed by atoms with Crippen LogP contribution in [0.4, 0.5) is 5.69 Å². The van der Waals surface area contributed by atoms with Gasteiger partial charge >= 0.3 is 0 Å². The Morgan fingerprint density at radius 3 is 2.52 bits per heavy atom. The van der Waals surface area contributed by atoms with E-state index in [-0.39, 0.29) is 17.5 Å². The molecule has 0 amide bonds. The molecule has 1 fully saturated rings. The summed E-state index contributed by atoms with van der Waals surface area (Å²) in [6.45, 7) is 8.22. The molecule has 1 atom stereocenters. The van der Waals surface area contributed by atoms with E-state index in [1.165, 1.54) is 0 Å². The van der Waals surface area contributed by atoms with Crippen LogP contribution in [0.15, 0.2) is 34.4 Å². The zero-order chi connectivity index (χ0) is 20.8. The number of rotatable bonds is 3. The van der Waals surface area contributed by atoms with Crippen molar-refractivity contribution in [2.75, 3.05) is 17.3 Å². The van der Waals surface area contributed by atoms with Crippen LogP contribution in [0.3, 0.4) is 0 Å². The highest BCUT2D eigenvalue weighted by atomic mass is 32.2. The summed E-state index contributed by atoms with van der Waals surface area (Å²) < 4.78 is 26.0. The highest BCUT2D eigenvalue weighted by Gasteiger charge is 2.31. The molecule has 0 saturated carbocycles. The summed E-state index contributed by atoms with van der Waals surface area (Å²) in [5.41, 5.74) is 10.6. The molecular formula is C21H26N4O2S2. The molecule has 29 heavy (non-hydrogen) atoms. The topological polar surface area (TPSA) is 75.8 Å². The molecule has 1 saturated heterocycles. The molecule has 2 aliphatic rings. The number of sulfone groups is 1. The molecule has 6 nitrogen and oxygen atoms in total. The molecular weight excluding hydrogens is 404 g/mol. The van der Waals surface area contributed by atoms with Crippen LogP contribution in [-0.4, -0.2) is 41.1 Å². The minimum Gasteiger partial charge on any atom is -0.344 e. The van der Waals surface area contributed by atoms with Gasteiger partial charge in [0.2, 0.25) is 0 Å². The van der Waals surface area contributed by atoms with E-state index >= 15 is 0 Å². The van der Waals surface area contributed by atoms with Crippen LogP contribution in [0, 0.1) is 27.7 Å². The number of nitrogens with one attached hydrogen (secondary N) is 1. The number of nitrogens with zero attached hydrogens (tertiary/aromatic N) is 3. The van der Waals surface area contributed by atoms with Crippen molar-refractivity contribution in [2.45, 2.75) is 40.2 Å². The first-order chi connectivity index (χ1) is 13.7. The third-order valence-electron chi connectivity index (χ3n) is 5.65. The second kappa shape index (κ2) is 7.65. The van der Waals surface area contributed by atoms with Crippen LogP contribution in [0.5, 0.6) is 0 Å². The van der Waals surface area contributed by atoms with Gasteiger partial charge in [0, 0.05) is 28.7 Å². The van der Waals surface area contributed by atoms with Crippen LogP contribution < -0.4 is 5.43 Å². The lowest BCUT2D eigenvalue weighted by atomic mass is 10.1. The summed E-state index contributed by atoms with van der Waals surface area (Å²) in [6.07, 6.45) is 0.685. The first kappa shape index (κ1) is 20.2. The van der Waals surface area contributed by atoms with Gasteiger partial charge in [-0.15, -0.1) is 0 Å². The van der Waals surface area contributed by atoms with Gasteiger partial charge in [-0.1, -0.05) is 30.0 Å². The van der Waals surface area contributed by atoms with E-state index in [1.54, 1.807) is 11.8 Å². The number of hydrazone groups is 1. The van der Waals surface area contributed by atoms with Gasteiger partial charge in [0.15, 0.2) is 15.0 Å². The number of aryl methyl sites for hydroxylation is 3. The Morgan fingerprint density at radius 2 is 1.93 bits per heavy atom. The van der Waals surface area contributed by atoms with Crippen molar-refractivity contribution < 1.29 is 8.42 Å². The Morgan fingerprint density at radius 1 is 1.21 bits per heavy atom. The Hall–Kier alpha value is -2.06. The third kappa shape index (κ3) is 4.00. The summed E-state index contributed by atoms with van der Waals surface area (Å²) in [6, 6.07) is 8.31. The normalized spacial score (nSPS) is 22.6. The van der Waals surface area contributed by atoms with Gasteiger partial charge in [0.1, 0.15) is 0 Å². The maximum absolute atomic E-state index is 11.9. The summed E-state index contributed by atoms with van der Waals surface area (Å²) in [7, 11) is -2.92. The van der Waals surface area contributed by atoms with Crippen LogP contribution in [0.1, 0.15) is 40.5 Å². The first-order valence-corrected chi connectivity index (χ1v) is 12.6. The Kier molecular flexibility index (Phi) is 5.33. The molecule has 0 aliphatic carbocycles. The molecule has 8 heteroatoms. The molecule has 2 aliphatic heterocycles. The van der Waals surface area contributed by atoms with Gasteiger partial charge in [0.05, 0.1) is 22.9 Å². The fourth-order valence-electron chi connectivity index (χ4n) is 4.21. The van der Waals surface area contributed by atoms with E-state index < -0.39 is 9.84 Å². The zero-order valence-electron chi connectivity index (χ0n) is 17.2. The molecule has 0 bridgehead atoms. The lowest BCUT2D eigenvalue weighted by molar-refractivity contribution is 0.535. The molecule has 1 aromatic heterocycles. The van der Waals surface area contributed by atoms with Crippen molar-refractivity contribution in [2.24, 2.45) is 10.1 Å². The maximum Gasteiger partial charge on any atom is 0.182 e. The summed E-state index contributed by atoms with van der Waals surface area (Å²) >= 11 is 1.64. The molecule has 0 radical (unpaired) electrons. The van der Waals surface area contributed by atoms with Gasteiger partial charge < -0.3 is 4.57 Å². The van der Waals surface area contributed by atoms with E-state index in [4.69, 9.17) is 4.99 Å². The lowest BCUT2D eigenvalue weighted by Crippen LogP contribution is -2.25. The highest BCUT2D eigenvalue weighted by molar-refractivity contribution is 8.14. The standard InChI is InChI=1S/C21H26N4O2S2/c1-13-6-5-7-14(2)20(13)22-21-24-23-19(11-28-21)18-10-15(3)25(16(18)4)17-8-9-29(26,27)12-17/h5-7,10,17H,8-9,11-12H2,1-4H3,(H,22,24)/t17-/m1/s1. The molecule has 0 unspecified atom stereocenters. The van der Waals surface area contributed by atoms with Gasteiger partial charge in [-0.05, 0) is 51.3 Å². The molecule has 2 aromatic rings. The van der Waals surface area contributed by atoms with Crippen LogP contribution in [0.25, 0.3) is 0 Å². The van der Waals surface area contributed by atoms with Crippen molar-refractivity contribution in [3.05, 3.63) is 52.3 Å². The smallest absolute Gasteiger partial charge is 0.182 e. The lowest BCUT2D eigenvalue weighted by Gasteiger charge is -2.18. The number of benzene rings is 1. The van der Waals surface area contributed by atoms with Crippen molar-refractivity contribution in [1.82, 2.24) is 9.99 Å². The predicted octanol–water partition coefficient (Wildman–Crippen LogP) is 3.81. The minimum atomic E-state index is -2.92. The fourth-order valence-corrected chi connectivity index (χ4v) is 6.66. The molecule has 1 N–H and O–H groups in total.